The van der Waals surface area contributed by atoms with Crippen molar-refractivity contribution in [2.45, 2.75) is 13.1 Å². The van der Waals surface area contributed by atoms with Gasteiger partial charge in [-0.15, -0.1) is 10.2 Å². The average molecular weight is 167 g/mol. The summed E-state index contributed by atoms with van der Waals surface area (Å²) in [6, 6.07) is 0. The molecule has 0 radical (unpaired) electrons. The predicted octanol–water partition coefficient (Wildman–Crippen LogP) is -0.235. The monoisotopic (exact) mass is 167 g/mol. The topological polar surface area (TPSA) is 46.0 Å². The Morgan fingerprint density at radius 3 is 2.92 bits per heavy atom. The van der Waals surface area contributed by atoms with E-state index in [1.165, 1.54) is 0 Å². The Morgan fingerprint density at radius 2 is 2.17 bits per heavy atom. The highest BCUT2D eigenvalue weighted by molar-refractivity contribution is 5.24. The fourth-order valence-corrected chi connectivity index (χ4v) is 1.46. The Hall–Kier alpha value is -1.10. The van der Waals surface area contributed by atoms with Gasteiger partial charge in [-0.3, -0.25) is 9.47 Å². The molecule has 5 nitrogen and oxygen atoms in total. The van der Waals surface area contributed by atoms with Crippen molar-refractivity contribution in [3.63, 3.8) is 0 Å². The molecule has 1 N–H and O–H groups in total. The molecule has 0 unspecified atom stereocenters. The van der Waals surface area contributed by atoms with Crippen LogP contribution in [0.1, 0.15) is 5.82 Å². The summed E-state index contributed by atoms with van der Waals surface area (Å²) < 4.78 is 2.12. The van der Waals surface area contributed by atoms with Gasteiger partial charge < -0.3 is 5.32 Å². The summed E-state index contributed by atoms with van der Waals surface area (Å²) in [7, 11) is 3.97. The zero-order valence-electron chi connectivity index (χ0n) is 7.41. The van der Waals surface area contributed by atoms with E-state index < -0.39 is 0 Å². The van der Waals surface area contributed by atoms with Crippen LogP contribution in [0.15, 0.2) is 0 Å². The number of hydrogen-bond acceptors (Lipinski definition) is 4. The van der Waals surface area contributed by atoms with E-state index in [0.717, 1.165) is 31.4 Å². The molecule has 0 bridgehead atoms. The first-order valence-electron chi connectivity index (χ1n) is 4.09. The Balaban J connectivity index is 2.32. The van der Waals surface area contributed by atoms with Crippen molar-refractivity contribution >= 4 is 5.95 Å². The van der Waals surface area contributed by atoms with Crippen molar-refractivity contribution in [1.29, 1.82) is 0 Å². The molecular formula is C7H13N5. The molecular weight excluding hydrogens is 154 g/mol. The molecule has 0 aliphatic carbocycles. The fraction of sp³-hybridized carbons (Fsp3) is 0.714. The Kier molecular flexibility index (Phi) is 1.73. The number of hydrogen-bond donors (Lipinski definition) is 1. The summed E-state index contributed by atoms with van der Waals surface area (Å²) in [5.74, 6) is 1.92. The Labute approximate surface area is 71.4 Å². The molecule has 2 rings (SSSR count). The van der Waals surface area contributed by atoms with Crippen molar-refractivity contribution in [2.24, 2.45) is 0 Å². The van der Waals surface area contributed by atoms with Crippen LogP contribution in [0.25, 0.3) is 0 Å². The lowest BCUT2D eigenvalue weighted by atomic mass is 10.4. The van der Waals surface area contributed by atoms with Crippen molar-refractivity contribution in [3.8, 4) is 0 Å². The fourth-order valence-electron chi connectivity index (χ4n) is 1.46. The molecule has 0 aromatic carbocycles. The molecule has 1 aliphatic heterocycles. The summed E-state index contributed by atoms with van der Waals surface area (Å²) in [5, 5.41) is 11.1. The van der Waals surface area contributed by atoms with E-state index in [1.54, 1.807) is 0 Å². The van der Waals surface area contributed by atoms with Gasteiger partial charge in [-0.2, -0.15) is 0 Å². The number of likely N-dealkylation sites (N-methyl/N-ethyl adjacent to an activating group) is 1. The molecule has 5 heteroatoms. The van der Waals surface area contributed by atoms with Gasteiger partial charge in [-0.25, -0.2) is 0 Å². The lowest BCUT2D eigenvalue weighted by Gasteiger charge is -2.23. The van der Waals surface area contributed by atoms with Gasteiger partial charge in [0.25, 0.3) is 0 Å². The lowest BCUT2D eigenvalue weighted by Crippen LogP contribution is -2.30. The Morgan fingerprint density at radius 1 is 1.33 bits per heavy atom. The van der Waals surface area contributed by atoms with Crippen LogP contribution in [0, 0.1) is 0 Å². The van der Waals surface area contributed by atoms with Crippen LogP contribution in [0.4, 0.5) is 5.95 Å². The molecule has 0 fully saturated rings. The maximum atomic E-state index is 4.09. The second-order valence-corrected chi connectivity index (χ2v) is 3.08. The highest BCUT2D eigenvalue weighted by atomic mass is 15.4. The highest BCUT2D eigenvalue weighted by Gasteiger charge is 2.17. The van der Waals surface area contributed by atoms with Gasteiger partial charge in [0.05, 0.1) is 6.54 Å². The largest absolute Gasteiger partial charge is 0.357 e. The second kappa shape index (κ2) is 2.75. The van der Waals surface area contributed by atoms with Crippen LogP contribution in [-0.4, -0.2) is 40.3 Å². The maximum Gasteiger partial charge on any atom is 0.224 e. The molecule has 0 saturated heterocycles. The average Bonchev–Trinajstić information content (AvgIpc) is 2.46. The van der Waals surface area contributed by atoms with Crippen LogP contribution in [-0.2, 0) is 13.1 Å². The van der Waals surface area contributed by atoms with Gasteiger partial charge in [0.2, 0.25) is 5.95 Å². The van der Waals surface area contributed by atoms with Gasteiger partial charge in [-0.1, -0.05) is 0 Å². The number of aromatic nitrogens is 3. The van der Waals surface area contributed by atoms with E-state index in [4.69, 9.17) is 0 Å². The standard InChI is InChI=1S/C7H13N5/c1-8-7-10-9-6-5-11(2)3-4-12(6)7/h3-5H2,1-2H3,(H,8,10). The first-order valence-corrected chi connectivity index (χ1v) is 4.09. The number of nitrogens with zero attached hydrogens (tertiary/aromatic N) is 4. The van der Waals surface area contributed by atoms with Crippen molar-refractivity contribution in [2.75, 3.05) is 26.0 Å². The number of nitrogens with one attached hydrogen (secondary N) is 1. The van der Waals surface area contributed by atoms with E-state index in [1.807, 2.05) is 7.05 Å². The molecule has 66 valence electrons. The third-order valence-electron chi connectivity index (χ3n) is 2.17. The summed E-state index contributed by atoms with van der Waals surface area (Å²) in [6.45, 7) is 2.95. The van der Waals surface area contributed by atoms with Gasteiger partial charge in [0, 0.05) is 20.1 Å². The molecule has 2 heterocycles. The minimum atomic E-state index is 0.873. The second-order valence-electron chi connectivity index (χ2n) is 3.08. The minimum Gasteiger partial charge on any atom is -0.357 e. The van der Waals surface area contributed by atoms with E-state index in [9.17, 15) is 0 Å². The van der Waals surface area contributed by atoms with Gasteiger partial charge in [0.15, 0.2) is 0 Å². The van der Waals surface area contributed by atoms with Crippen molar-refractivity contribution in [3.05, 3.63) is 5.82 Å². The molecule has 0 saturated carbocycles. The smallest absolute Gasteiger partial charge is 0.224 e. The first-order chi connectivity index (χ1) is 5.81. The van der Waals surface area contributed by atoms with Crippen molar-refractivity contribution < 1.29 is 0 Å². The quantitative estimate of drug-likeness (QED) is 0.627. The van der Waals surface area contributed by atoms with Crippen LogP contribution in [0.3, 0.4) is 0 Å². The molecule has 0 atom stereocenters. The molecule has 1 aromatic heterocycles. The molecule has 12 heavy (non-hydrogen) atoms. The molecule has 1 aliphatic rings. The summed E-state index contributed by atoms with van der Waals surface area (Å²) in [5.41, 5.74) is 0. The van der Waals surface area contributed by atoms with Crippen LogP contribution < -0.4 is 5.32 Å². The number of anilines is 1. The van der Waals surface area contributed by atoms with Gasteiger partial charge >= 0.3 is 0 Å². The van der Waals surface area contributed by atoms with Gasteiger partial charge in [0.1, 0.15) is 5.82 Å². The first kappa shape index (κ1) is 7.54. The minimum absolute atomic E-state index is 0.873. The number of rotatable bonds is 1. The third kappa shape index (κ3) is 1.06. The van der Waals surface area contributed by atoms with E-state index in [-0.39, 0.29) is 0 Å². The lowest BCUT2D eigenvalue weighted by molar-refractivity contribution is 0.266. The molecule has 1 aromatic rings. The number of fused-ring (bicyclic) bond motifs is 1. The third-order valence-corrected chi connectivity index (χ3v) is 2.17. The normalized spacial score (nSPS) is 17.5. The van der Waals surface area contributed by atoms with Gasteiger partial charge in [-0.05, 0) is 7.05 Å². The SMILES string of the molecule is CNc1nnc2n1CCN(C)C2. The van der Waals surface area contributed by atoms with E-state index in [0.29, 0.717) is 0 Å². The zero-order chi connectivity index (χ0) is 8.55. The maximum absolute atomic E-state index is 4.09. The van der Waals surface area contributed by atoms with E-state index >= 15 is 0 Å². The summed E-state index contributed by atoms with van der Waals surface area (Å²) >= 11 is 0. The van der Waals surface area contributed by atoms with E-state index in [2.05, 4.69) is 32.0 Å². The Bertz CT molecular complexity index is 279. The van der Waals surface area contributed by atoms with Crippen LogP contribution >= 0.6 is 0 Å². The van der Waals surface area contributed by atoms with Crippen LogP contribution in [0.5, 0.6) is 0 Å². The highest BCUT2D eigenvalue weighted by Crippen LogP contribution is 2.12. The predicted molar refractivity (Wildman–Crippen MR) is 45.9 cm³/mol. The summed E-state index contributed by atoms with van der Waals surface area (Å²) in [4.78, 5) is 2.24. The zero-order valence-corrected chi connectivity index (χ0v) is 7.41. The van der Waals surface area contributed by atoms with Crippen LogP contribution in [0.2, 0.25) is 0 Å². The summed E-state index contributed by atoms with van der Waals surface area (Å²) in [6.07, 6.45) is 0. The van der Waals surface area contributed by atoms with Crippen molar-refractivity contribution in [1.82, 2.24) is 19.7 Å². The molecule has 0 amide bonds. The molecule has 0 spiro atoms.